The molecule has 0 saturated carbocycles. The number of hydrogen-bond acceptors (Lipinski definition) is 4. The summed E-state index contributed by atoms with van der Waals surface area (Å²) in [5.41, 5.74) is 0.682. The summed E-state index contributed by atoms with van der Waals surface area (Å²) in [6.07, 6.45) is 2.77. The highest BCUT2D eigenvalue weighted by atomic mass is 32.1. The zero-order chi connectivity index (χ0) is 15.1. The summed E-state index contributed by atoms with van der Waals surface area (Å²) in [7, 11) is 2.14. The van der Waals surface area contributed by atoms with Gasteiger partial charge in [-0.05, 0) is 45.0 Å². The lowest BCUT2D eigenvalue weighted by atomic mass is 9.97. The van der Waals surface area contributed by atoms with Crippen molar-refractivity contribution in [3.8, 4) is 11.8 Å². The van der Waals surface area contributed by atoms with Crippen LogP contribution in [-0.4, -0.2) is 49.2 Å². The SMILES string of the molecule is CN1CCC(CNC(=O)c2csc(C#CCCO)c2)CC1. The Balaban J connectivity index is 1.79. The van der Waals surface area contributed by atoms with Gasteiger partial charge in [0.15, 0.2) is 0 Å². The minimum absolute atomic E-state index is 0.0135. The minimum atomic E-state index is -0.0135. The highest BCUT2D eigenvalue weighted by Gasteiger charge is 2.17. The van der Waals surface area contributed by atoms with Crippen LogP contribution in [0.2, 0.25) is 0 Å². The number of thiophene rings is 1. The van der Waals surface area contributed by atoms with E-state index in [2.05, 4.69) is 29.1 Å². The third kappa shape index (κ3) is 5.16. The van der Waals surface area contributed by atoms with E-state index in [4.69, 9.17) is 5.11 Å². The number of rotatable bonds is 4. The first-order valence-electron chi connectivity index (χ1n) is 7.34. The number of likely N-dealkylation sites (tertiary alicyclic amines) is 1. The molecule has 21 heavy (non-hydrogen) atoms. The van der Waals surface area contributed by atoms with Crippen molar-refractivity contribution in [1.29, 1.82) is 0 Å². The monoisotopic (exact) mass is 306 g/mol. The Bertz CT molecular complexity index is 522. The van der Waals surface area contributed by atoms with Gasteiger partial charge >= 0.3 is 0 Å². The third-order valence-corrected chi connectivity index (χ3v) is 4.55. The Kier molecular flexibility index (Phi) is 6.24. The molecule has 0 atom stereocenters. The smallest absolute Gasteiger partial charge is 0.252 e. The van der Waals surface area contributed by atoms with E-state index in [1.165, 1.54) is 11.3 Å². The van der Waals surface area contributed by atoms with Crippen LogP contribution in [0.4, 0.5) is 0 Å². The zero-order valence-electron chi connectivity index (χ0n) is 12.4. The number of aliphatic hydroxyl groups is 1. The van der Waals surface area contributed by atoms with Crippen LogP contribution >= 0.6 is 11.3 Å². The maximum atomic E-state index is 12.1. The van der Waals surface area contributed by atoms with Gasteiger partial charge in [0.05, 0.1) is 17.0 Å². The van der Waals surface area contributed by atoms with Gasteiger partial charge in [-0.15, -0.1) is 11.3 Å². The summed E-state index contributed by atoms with van der Waals surface area (Å²) >= 11 is 1.47. The molecule has 0 unspecified atom stereocenters. The van der Waals surface area contributed by atoms with Crippen molar-refractivity contribution in [3.63, 3.8) is 0 Å². The number of piperidine rings is 1. The van der Waals surface area contributed by atoms with Crippen LogP contribution in [0.25, 0.3) is 0 Å². The zero-order valence-corrected chi connectivity index (χ0v) is 13.2. The van der Waals surface area contributed by atoms with Gasteiger partial charge in [0.25, 0.3) is 5.91 Å². The number of aliphatic hydroxyl groups excluding tert-OH is 1. The first-order valence-corrected chi connectivity index (χ1v) is 8.22. The van der Waals surface area contributed by atoms with E-state index in [1.54, 1.807) is 0 Å². The van der Waals surface area contributed by atoms with Crippen LogP contribution in [0, 0.1) is 17.8 Å². The number of carbonyl (C=O) groups is 1. The Morgan fingerprint density at radius 3 is 3.00 bits per heavy atom. The van der Waals surface area contributed by atoms with Crippen molar-refractivity contribution < 1.29 is 9.90 Å². The molecule has 0 bridgehead atoms. The van der Waals surface area contributed by atoms with Crippen molar-refractivity contribution in [1.82, 2.24) is 10.2 Å². The van der Waals surface area contributed by atoms with Crippen LogP contribution in [0.1, 0.15) is 34.5 Å². The second-order valence-corrected chi connectivity index (χ2v) is 6.34. The van der Waals surface area contributed by atoms with Gasteiger partial charge in [0, 0.05) is 18.3 Å². The molecule has 1 amide bonds. The predicted octanol–water partition coefficient (Wildman–Crippen LogP) is 1.55. The van der Waals surface area contributed by atoms with Gasteiger partial charge in [0.1, 0.15) is 0 Å². The molecule has 1 aromatic heterocycles. The first kappa shape index (κ1) is 16.0. The average Bonchev–Trinajstić information content (AvgIpc) is 2.96. The van der Waals surface area contributed by atoms with Gasteiger partial charge in [-0.1, -0.05) is 11.8 Å². The molecule has 2 heterocycles. The lowest BCUT2D eigenvalue weighted by Gasteiger charge is -2.28. The highest BCUT2D eigenvalue weighted by molar-refractivity contribution is 7.10. The molecule has 0 aliphatic carbocycles. The second kappa shape index (κ2) is 8.18. The molecular weight excluding hydrogens is 284 g/mol. The van der Waals surface area contributed by atoms with E-state index in [-0.39, 0.29) is 12.5 Å². The van der Waals surface area contributed by atoms with Crippen LogP contribution in [0.15, 0.2) is 11.4 Å². The topological polar surface area (TPSA) is 52.6 Å². The Labute approximate surface area is 130 Å². The second-order valence-electron chi connectivity index (χ2n) is 5.43. The van der Waals surface area contributed by atoms with Crippen molar-refractivity contribution >= 4 is 17.2 Å². The van der Waals surface area contributed by atoms with Crippen molar-refractivity contribution in [2.24, 2.45) is 5.92 Å². The predicted molar refractivity (Wildman–Crippen MR) is 85.5 cm³/mol. The van der Waals surface area contributed by atoms with Crippen molar-refractivity contribution in [2.45, 2.75) is 19.3 Å². The Hall–Kier alpha value is -1.35. The lowest BCUT2D eigenvalue weighted by Crippen LogP contribution is -2.36. The number of amides is 1. The standard InChI is InChI=1S/C16H22N2O2S/c1-18-7-5-13(6-8-18)11-17-16(20)14-10-15(21-12-14)4-2-3-9-19/h10,12-13,19H,3,5-9,11H2,1H3,(H,17,20). The number of nitrogens with zero attached hydrogens (tertiary/aromatic N) is 1. The summed E-state index contributed by atoms with van der Waals surface area (Å²) in [6, 6.07) is 1.82. The van der Waals surface area contributed by atoms with Gasteiger partial charge in [-0.3, -0.25) is 4.79 Å². The molecular formula is C16H22N2O2S. The van der Waals surface area contributed by atoms with Crippen LogP contribution in [0.3, 0.4) is 0 Å². The summed E-state index contributed by atoms with van der Waals surface area (Å²) in [6.45, 7) is 3.06. The molecule has 1 aliphatic heterocycles. The van der Waals surface area contributed by atoms with Crippen LogP contribution < -0.4 is 5.32 Å². The molecule has 114 valence electrons. The molecule has 4 nitrogen and oxygen atoms in total. The van der Waals surface area contributed by atoms with E-state index < -0.39 is 0 Å². The fourth-order valence-electron chi connectivity index (χ4n) is 2.33. The average molecular weight is 306 g/mol. The number of carbonyl (C=O) groups excluding carboxylic acids is 1. The third-order valence-electron chi connectivity index (χ3n) is 3.70. The maximum absolute atomic E-state index is 12.1. The van der Waals surface area contributed by atoms with Crippen molar-refractivity contribution in [3.05, 3.63) is 21.9 Å². The molecule has 2 N–H and O–H groups in total. The van der Waals surface area contributed by atoms with Gasteiger partial charge in [-0.2, -0.15) is 0 Å². The van der Waals surface area contributed by atoms with Crippen LogP contribution in [0.5, 0.6) is 0 Å². The molecule has 1 saturated heterocycles. The van der Waals surface area contributed by atoms with E-state index in [0.29, 0.717) is 17.9 Å². The van der Waals surface area contributed by atoms with Gasteiger partial charge in [0.2, 0.25) is 0 Å². The normalized spacial score (nSPS) is 16.3. The van der Waals surface area contributed by atoms with E-state index >= 15 is 0 Å². The summed E-state index contributed by atoms with van der Waals surface area (Å²) < 4.78 is 0. The van der Waals surface area contributed by atoms with Crippen molar-refractivity contribution in [2.75, 3.05) is 33.3 Å². The minimum Gasteiger partial charge on any atom is -0.395 e. The first-order chi connectivity index (χ1) is 10.2. The highest BCUT2D eigenvalue weighted by Crippen LogP contribution is 2.16. The molecule has 0 radical (unpaired) electrons. The molecule has 2 rings (SSSR count). The fraction of sp³-hybridized carbons (Fsp3) is 0.562. The quantitative estimate of drug-likeness (QED) is 0.830. The summed E-state index contributed by atoms with van der Waals surface area (Å²) in [5, 5.41) is 13.5. The maximum Gasteiger partial charge on any atom is 0.252 e. The summed E-state index contributed by atoms with van der Waals surface area (Å²) in [4.78, 5) is 15.3. The fourth-order valence-corrected chi connectivity index (χ4v) is 3.09. The van der Waals surface area contributed by atoms with E-state index in [1.807, 2.05) is 11.4 Å². The number of hydrogen-bond donors (Lipinski definition) is 2. The molecule has 1 fully saturated rings. The van der Waals surface area contributed by atoms with E-state index in [9.17, 15) is 4.79 Å². The molecule has 1 aromatic rings. The van der Waals surface area contributed by atoms with Gasteiger partial charge in [-0.25, -0.2) is 0 Å². The Morgan fingerprint density at radius 2 is 2.29 bits per heavy atom. The Morgan fingerprint density at radius 1 is 1.52 bits per heavy atom. The lowest BCUT2D eigenvalue weighted by molar-refractivity contribution is 0.0939. The molecule has 1 aliphatic rings. The summed E-state index contributed by atoms with van der Waals surface area (Å²) in [5.74, 6) is 6.40. The molecule has 0 aromatic carbocycles. The molecule has 0 spiro atoms. The van der Waals surface area contributed by atoms with Crippen LogP contribution in [-0.2, 0) is 0 Å². The largest absolute Gasteiger partial charge is 0.395 e. The number of nitrogens with one attached hydrogen (secondary N) is 1. The van der Waals surface area contributed by atoms with Gasteiger partial charge < -0.3 is 15.3 Å². The molecule has 5 heteroatoms. The van der Waals surface area contributed by atoms with E-state index in [0.717, 1.165) is 37.4 Å².